The molecular weight excluding hydrogens is 370 g/mol. The number of anilines is 1. The molecule has 0 aliphatic carbocycles. The first kappa shape index (κ1) is 20.1. The van der Waals surface area contributed by atoms with Gasteiger partial charge in [-0.2, -0.15) is 0 Å². The summed E-state index contributed by atoms with van der Waals surface area (Å²) < 4.78 is 5.74. The number of carbonyl (C=O) groups excluding carboxylic acids is 1. The van der Waals surface area contributed by atoms with E-state index in [9.17, 15) is 4.79 Å². The number of benzene rings is 2. The maximum atomic E-state index is 12.4. The predicted octanol–water partition coefficient (Wildman–Crippen LogP) is 5.10. The van der Waals surface area contributed by atoms with Crippen LogP contribution in [0.5, 0.6) is 0 Å². The minimum absolute atomic E-state index is 0.0911. The van der Waals surface area contributed by atoms with Crippen molar-refractivity contribution in [3.05, 3.63) is 71.6 Å². The number of rotatable bonds is 8. The SMILES string of the molecule is CCc1ccc(NC(=O)C(C)Sc2nnc(CC(C)c3ccccc3)o2)cc1. The summed E-state index contributed by atoms with van der Waals surface area (Å²) in [5.74, 6) is 0.777. The monoisotopic (exact) mass is 395 g/mol. The van der Waals surface area contributed by atoms with Crippen LogP contribution in [0.25, 0.3) is 0 Å². The van der Waals surface area contributed by atoms with E-state index in [1.807, 2.05) is 49.4 Å². The summed E-state index contributed by atoms with van der Waals surface area (Å²) in [7, 11) is 0. The molecule has 3 aromatic rings. The van der Waals surface area contributed by atoms with Crippen LogP contribution in [0.3, 0.4) is 0 Å². The van der Waals surface area contributed by atoms with Crippen LogP contribution < -0.4 is 5.32 Å². The topological polar surface area (TPSA) is 68.0 Å². The summed E-state index contributed by atoms with van der Waals surface area (Å²) in [5, 5.41) is 11.2. The van der Waals surface area contributed by atoms with Gasteiger partial charge in [0.1, 0.15) is 0 Å². The van der Waals surface area contributed by atoms with Gasteiger partial charge in [-0.3, -0.25) is 4.79 Å². The van der Waals surface area contributed by atoms with Crippen molar-refractivity contribution >= 4 is 23.4 Å². The Balaban J connectivity index is 1.54. The van der Waals surface area contributed by atoms with Gasteiger partial charge in [-0.1, -0.05) is 68.1 Å². The maximum absolute atomic E-state index is 12.4. The Morgan fingerprint density at radius 1 is 1.07 bits per heavy atom. The van der Waals surface area contributed by atoms with Gasteiger partial charge in [0.2, 0.25) is 11.8 Å². The quantitative estimate of drug-likeness (QED) is 0.538. The summed E-state index contributed by atoms with van der Waals surface area (Å²) in [5.41, 5.74) is 3.26. The minimum Gasteiger partial charge on any atom is -0.416 e. The van der Waals surface area contributed by atoms with Crippen molar-refractivity contribution in [1.29, 1.82) is 0 Å². The number of nitrogens with one attached hydrogen (secondary N) is 1. The van der Waals surface area contributed by atoms with E-state index in [1.165, 1.54) is 22.9 Å². The lowest BCUT2D eigenvalue weighted by atomic mass is 9.98. The fourth-order valence-corrected chi connectivity index (χ4v) is 3.50. The molecular formula is C22H25N3O2S. The lowest BCUT2D eigenvalue weighted by molar-refractivity contribution is -0.115. The minimum atomic E-state index is -0.342. The smallest absolute Gasteiger partial charge is 0.277 e. The summed E-state index contributed by atoms with van der Waals surface area (Å²) in [4.78, 5) is 12.4. The molecule has 28 heavy (non-hydrogen) atoms. The first-order valence-corrected chi connectivity index (χ1v) is 10.4. The number of hydrogen-bond donors (Lipinski definition) is 1. The molecule has 1 N–H and O–H groups in total. The zero-order valence-corrected chi connectivity index (χ0v) is 17.2. The molecule has 0 saturated heterocycles. The Morgan fingerprint density at radius 3 is 2.46 bits per heavy atom. The highest BCUT2D eigenvalue weighted by molar-refractivity contribution is 8.00. The van der Waals surface area contributed by atoms with Crippen LogP contribution in [-0.4, -0.2) is 21.4 Å². The van der Waals surface area contributed by atoms with Gasteiger partial charge in [0.15, 0.2) is 0 Å². The molecule has 0 fully saturated rings. The maximum Gasteiger partial charge on any atom is 0.277 e. The Bertz CT molecular complexity index is 894. The highest BCUT2D eigenvalue weighted by atomic mass is 32.2. The van der Waals surface area contributed by atoms with Gasteiger partial charge < -0.3 is 9.73 Å². The third-order valence-corrected chi connectivity index (χ3v) is 5.51. The number of aromatic nitrogens is 2. The number of hydrogen-bond acceptors (Lipinski definition) is 5. The third kappa shape index (κ3) is 5.45. The summed E-state index contributed by atoms with van der Waals surface area (Å²) in [6.07, 6.45) is 1.64. The second kappa shape index (κ2) is 9.55. The van der Waals surface area contributed by atoms with Crippen molar-refractivity contribution in [2.75, 3.05) is 5.32 Å². The van der Waals surface area contributed by atoms with Crippen LogP contribution in [0.4, 0.5) is 5.69 Å². The van der Waals surface area contributed by atoms with Crippen molar-refractivity contribution in [1.82, 2.24) is 10.2 Å². The van der Waals surface area contributed by atoms with Crippen molar-refractivity contribution in [2.45, 2.75) is 50.0 Å². The molecule has 1 heterocycles. The van der Waals surface area contributed by atoms with Gasteiger partial charge in [-0.25, -0.2) is 0 Å². The average molecular weight is 396 g/mol. The van der Waals surface area contributed by atoms with E-state index in [1.54, 1.807) is 0 Å². The number of nitrogens with zero attached hydrogens (tertiary/aromatic N) is 2. The highest BCUT2D eigenvalue weighted by Crippen LogP contribution is 2.25. The molecule has 2 unspecified atom stereocenters. The van der Waals surface area contributed by atoms with Gasteiger partial charge in [0.25, 0.3) is 5.22 Å². The predicted molar refractivity (Wildman–Crippen MR) is 113 cm³/mol. The molecule has 6 heteroatoms. The van der Waals surface area contributed by atoms with E-state index in [0.29, 0.717) is 17.5 Å². The molecule has 0 radical (unpaired) electrons. The number of thioether (sulfide) groups is 1. The van der Waals surface area contributed by atoms with Crippen molar-refractivity contribution in [2.24, 2.45) is 0 Å². The van der Waals surface area contributed by atoms with Gasteiger partial charge in [0, 0.05) is 12.1 Å². The van der Waals surface area contributed by atoms with Crippen LogP contribution in [0.1, 0.15) is 43.7 Å². The summed E-state index contributed by atoms with van der Waals surface area (Å²) >= 11 is 1.27. The lowest BCUT2D eigenvalue weighted by Crippen LogP contribution is -2.22. The lowest BCUT2D eigenvalue weighted by Gasteiger charge is -2.10. The average Bonchev–Trinajstić information content (AvgIpc) is 3.15. The second-order valence-electron chi connectivity index (χ2n) is 6.78. The standard InChI is InChI=1S/C22H25N3O2S/c1-4-17-10-12-19(13-11-17)23-21(26)16(3)28-22-25-24-20(27-22)14-15(2)18-8-6-5-7-9-18/h5-13,15-16H,4,14H2,1-3H3,(H,23,26). The molecule has 0 spiro atoms. The van der Waals surface area contributed by atoms with Crippen LogP contribution in [0, 0.1) is 0 Å². The molecule has 1 amide bonds. The Labute approximate surface area is 170 Å². The van der Waals surface area contributed by atoms with Gasteiger partial charge in [-0.15, -0.1) is 10.2 Å². The Kier molecular flexibility index (Phi) is 6.87. The van der Waals surface area contributed by atoms with Crippen molar-refractivity contribution in [3.63, 3.8) is 0 Å². The molecule has 3 rings (SSSR count). The molecule has 146 valence electrons. The Morgan fingerprint density at radius 2 is 1.79 bits per heavy atom. The van der Waals surface area contributed by atoms with Crippen LogP contribution in [-0.2, 0) is 17.6 Å². The van der Waals surface area contributed by atoms with Gasteiger partial charge in [-0.05, 0) is 42.5 Å². The van der Waals surface area contributed by atoms with Crippen molar-refractivity contribution in [3.8, 4) is 0 Å². The summed E-state index contributed by atoms with van der Waals surface area (Å²) in [6, 6.07) is 18.1. The zero-order valence-electron chi connectivity index (χ0n) is 16.4. The largest absolute Gasteiger partial charge is 0.416 e. The molecule has 1 aromatic heterocycles. The molecule has 0 aliphatic heterocycles. The zero-order chi connectivity index (χ0) is 19.9. The first-order valence-electron chi connectivity index (χ1n) is 9.49. The van der Waals surface area contributed by atoms with Crippen LogP contribution in [0.15, 0.2) is 64.2 Å². The van der Waals surface area contributed by atoms with Crippen molar-refractivity contribution < 1.29 is 9.21 Å². The third-order valence-electron chi connectivity index (χ3n) is 4.57. The second-order valence-corrected chi connectivity index (χ2v) is 8.07. The normalized spacial score (nSPS) is 13.1. The van der Waals surface area contributed by atoms with Crippen LogP contribution in [0.2, 0.25) is 0 Å². The van der Waals surface area contributed by atoms with E-state index in [4.69, 9.17) is 4.42 Å². The Hall–Kier alpha value is -2.60. The van der Waals surface area contributed by atoms with E-state index in [-0.39, 0.29) is 17.1 Å². The number of carbonyl (C=O) groups is 1. The van der Waals surface area contributed by atoms with E-state index < -0.39 is 0 Å². The molecule has 0 aliphatic rings. The molecule has 0 saturated carbocycles. The number of amides is 1. The fourth-order valence-electron chi connectivity index (χ4n) is 2.80. The number of aryl methyl sites for hydroxylation is 1. The molecule has 2 aromatic carbocycles. The van der Waals surface area contributed by atoms with E-state index in [2.05, 4.69) is 41.5 Å². The fraction of sp³-hybridized carbons (Fsp3) is 0.318. The first-order chi connectivity index (χ1) is 13.5. The van der Waals surface area contributed by atoms with E-state index in [0.717, 1.165) is 12.1 Å². The van der Waals surface area contributed by atoms with Gasteiger partial charge >= 0.3 is 0 Å². The van der Waals surface area contributed by atoms with E-state index >= 15 is 0 Å². The molecule has 2 atom stereocenters. The highest BCUT2D eigenvalue weighted by Gasteiger charge is 2.19. The molecule has 5 nitrogen and oxygen atoms in total. The van der Waals surface area contributed by atoms with Crippen LogP contribution >= 0.6 is 11.8 Å². The summed E-state index contributed by atoms with van der Waals surface area (Å²) in [6.45, 7) is 6.06. The van der Waals surface area contributed by atoms with Gasteiger partial charge in [0.05, 0.1) is 5.25 Å². The molecule has 0 bridgehead atoms.